The van der Waals surface area contributed by atoms with Crippen LogP contribution in [0.25, 0.3) is 0 Å². The first-order chi connectivity index (χ1) is 6.47. The van der Waals surface area contributed by atoms with Gasteiger partial charge in [0.25, 0.3) is 0 Å². The van der Waals surface area contributed by atoms with Gasteiger partial charge in [-0.2, -0.15) is 0 Å². The molecule has 0 heterocycles. The van der Waals surface area contributed by atoms with Crippen LogP contribution in [0.15, 0.2) is 23.8 Å². The number of rotatable bonds is 0. The highest BCUT2D eigenvalue weighted by Crippen LogP contribution is 2.39. The highest BCUT2D eigenvalue weighted by atomic mass is 16.3. The molecule has 1 aliphatic carbocycles. The summed E-state index contributed by atoms with van der Waals surface area (Å²) >= 11 is 0. The molecule has 0 spiro atoms. The topological polar surface area (TPSA) is 20.2 Å². The van der Waals surface area contributed by atoms with Crippen LogP contribution < -0.4 is 0 Å². The Morgan fingerprint density at radius 3 is 2.71 bits per heavy atom. The van der Waals surface area contributed by atoms with Crippen molar-refractivity contribution in [2.45, 2.75) is 39.7 Å². The molecule has 1 atom stereocenters. The average molecular weight is 190 g/mol. The zero-order valence-electron chi connectivity index (χ0n) is 9.22. The maximum absolute atomic E-state index is 9.66. The van der Waals surface area contributed by atoms with Gasteiger partial charge in [0.15, 0.2) is 0 Å². The summed E-state index contributed by atoms with van der Waals surface area (Å²) in [7, 11) is 0. The van der Waals surface area contributed by atoms with Crippen molar-refractivity contribution in [3.8, 4) is 11.8 Å². The Bertz CT molecular complexity index is 323. The largest absolute Gasteiger partial charge is 0.393 e. The van der Waals surface area contributed by atoms with E-state index >= 15 is 0 Å². The lowest BCUT2D eigenvalue weighted by atomic mass is 9.72. The molecule has 1 heteroatoms. The second-order valence-corrected chi connectivity index (χ2v) is 4.57. The van der Waals surface area contributed by atoms with Crippen LogP contribution >= 0.6 is 0 Å². The fourth-order valence-corrected chi connectivity index (χ4v) is 2.20. The van der Waals surface area contributed by atoms with E-state index in [9.17, 15) is 5.11 Å². The Kier molecular flexibility index (Phi) is 3.18. The van der Waals surface area contributed by atoms with Crippen LogP contribution in [0.5, 0.6) is 0 Å². The van der Waals surface area contributed by atoms with E-state index in [0.29, 0.717) is 0 Å². The first-order valence-electron chi connectivity index (χ1n) is 4.98. The number of allylic oxidation sites excluding steroid dienone is 2. The highest BCUT2D eigenvalue weighted by molar-refractivity contribution is 5.41. The minimum atomic E-state index is -0.209. The van der Waals surface area contributed by atoms with Gasteiger partial charge in [0, 0.05) is 11.0 Å². The quantitative estimate of drug-likeness (QED) is 0.582. The molecule has 1 rings (SSSR count). The molecule has 0 aromatic rings. The third-order valence-corrected chi connectivity index (χ3v) is 2.69. The molecule has 1 unspecified atom stereocenters. The molecule has 0 radical (unpaired) electrons. The van der Waals surface area contributed by atoms with Gasteiger partial charge in [-0.3, -0.25) is 0 Å². The van der Waals surface area contributed by atoms with E-state index in [-0.39, 0.29) is 11.5 Å². The number of hydrogen-bond acceptors (Lipinski definition) is 1. The normalized spacial score (nSPS) is 25.3. The number of hydrogen-bond donors (Lipinski definition) is 1. The smallest absolute Gasteiger partial charge is 0.0586 e. The minimum Gasteiger partial charge on any atom is -0.393 e. The second kappa shape index (κ2) is 4.02. The lowest BCUT2D eigenvalue weighted by Gasteiger charge is -2.34. The highest BCUT2D eigenvalue weighted by Gasteiger charge is 2.31. The molecule has 0 saturated heterocycles. The molecule has 1 N–H and O–H groups in total. The van der Waals surface area contributed by atoms with Crippen molar-refractivity contribution in [2.24, 2.45) is 5.41 Å². The van der Waals surface area contributed by atoms with E-state index in [0.717, 1.165) is 12.8 Å². The zero-order valence-corrected chi connectivity index (χ0v) is 9.22. The molecule has 0 amide bonds. The lowest BCUT2D eigenvalue weighted by molar-refractivity contribution is 0.117. The van der Waals surface area contributed by atoms with Crippen LogP contribution in [0, 0.1) is 17.3 Å². The van der Waals surface area contributed by atoms with Gasteiger partial charge in [0.1, 0.15) is 0 Å². The van der Waals surface area contributed by atoms with Gasteiger partial charge in [-0.05, 0) is 25.8 Å². The summed E-state index contributed by atoms with van der Waals surface area (Å²) in [5.74, 6) is 6.03. The van der Waals surface area contributed by atoms with Gasteiger partial charge in [0.2, 0.25) is 0 Å². The Hall–Kier alpha value is -1.00. The second-order valence-electron chi connectivity index (χ2n) is 4.57. The van der Waals surface area contributed by atoms with Crippen molar-refractivity contribution in [3.05, 3.63) is 23.8 Å². The van der Waals surface area contributed by atoms with Crippen molar-refractivity contribution in [1.29, 1.82) is 0 Å². The summed E-state index contributed by atoms with van der Waals surface area (Å²) in [4.78, 5) is 0. The molecule has 0 aromatic carbocycles. The summed E-state index contributed by atoms with van der Waals surface area (Å²) < 4.78 is 0. The molecule has 0 aromatic heterocycles. The van der Waals surface area contributed by atoms with Crippen LogP contribution in [-0.4, -0.2) is 11.2 Å². The molecule has 1 aliphatic rings. The van der Waals surface area contributed by atoms with Crippen LogP contribution in [0.4, 0.5) is 0 Å². The van der Waals surface area contributed by atoms with Crippen molar-refractivity contribution in [2.75, 3.05) is 0 Å². The number of aliphatic hydroxyl groups is 1. The Labute approximate surface area is 86.5 Å². The minimum absolute atomic E-state index is 0.00222. The van der Waals surface area contributed by atoms with E-state index in [2.05, 4.69) is 39.2 Å². The van der Waals surface area contributed by atoms with Crippen molar-refractivity contribution < 1.29 is 5.11 Å². The predicted octanol–water partition coefficient (Wildman–Crippen LogP) is 2.67. The third kappa shape index (κ3) is 2.27. The summed E-state index contributed by atoms with van der Waals surface area (Å²) in [5.41, 5.74) is 2.38. The molecule has 0 saturated carbocycles. The average Bonchev–Trinajstić information content (AvgIpc) is 2.00. The molecule has 76 valence electrons. The molecule has 1 nitrogen and oxygen atoms in total. The molecule has 0 fully saturated rings. The van der Waals surface area contributed by atoms with Gasteiger partial charge in [0.05, 0.1) is 6.10 Å². The van der Waals surface area contributed by atoms with Gasteiger partial charge in [-0.15, -0.1) is 0 Å². The summed E-state index contributed by atoms with van der Waals surface area (Å²) in [6.07, 6.45) is 2.96. The van der Waals surface area contributed by atoms with E-state index in [4.69, 9.17) is 0 Å². The lowest BCUT2D eigenvalue weighted by Crippen LogP contribution is -2.28. The van der Waals surface area contributed by atoms with Crippen LogP contribution in [0.3, 0.4) is 0 Å². The van der Waals surface area contributed by atoms with E-state index < -0.39 is 0 Å². The van der Waals surface area contributed by atoms with E-state index in [1.54, 1.807) is 6.08 Å². The monoisotopic (exact) mass is 190 g/mol. The Morgan fingerprint density at radius 2 is 2.21 bits per heavy atom. The molecular weight excluding hydrogens is 172 g/mol. The van der Waals surface area contributed by atoms with Crippen molar-refractivity contribution in [1.82, 2.24) is 0 Å². The first kappa shape index (κ1) is 11.1. The van der Waals surface area contributed by atoms with Crippen molar-refractivity contribution >= 4 is 0 Å². The van der Waals surface area contributed by atoms with Gasteiger partial charge < -0.3 is 5.11 Å². The fourth-order valence-electron chi connectivity index (χ4n) is 2.20. The Balaban J connectivity index is 3.08. The first-order valence-corrected chi connectivity index (χ1v) is 4.98. The standard InChI is InChI=1S/C13H18O/c1-5-6-7-12-10(2)8-11(14)9-13(12,3)4/h5,11,14H,1,8-9H2,2-4H3. The molecule has 0 bridgehead atoms. The zero-order chi connectivity index (χ0) is 10.8. The Morgan fingerprint density at radius 1 is 1.57 bits per heavy atom. The maximum Gasteiger partial charge on any atom is 0.0586 e. The van der Waals surface area contributed by atoms with Crippen LogP contribution in [0.2, 0.25) is 0 Å². The third-order valence-electron chi connectivity index (χ3n) is 2.69. The maximum atomic E-state index is 9.66. The van der Waals surface area contributed by atoms with Gasteiger partial charge in [-0.25, -0.2) is 0 Å². The van der Waals surface area contributed by atoms with Crippen LogP contribution in [-0.2, 0) is 0 Å². The SMILES string of the molecule is C=CC#CC1=C(C)CC(O)CC1(C)C. The molecule has 0 aliphatic heterocycles. The van der Waals surface area contributed by atoms with Crippen LogP contribution in [0.1, 0.15) is 33.6 Å². The summed E-state index contributed by atoms with van der Waals surface area (Å²) in [6.45, 7) is 9.90. The predicted molar refractivity (Wildman–Crippen MR) is 59.7 cm³/mol. The fraction of sp³-hybridized carbons (Fsp3) is 0.538. The van der Waals surface area contributed by atoms with E-state index in [1.807, 2.05) is 0 Å². The summed E-state index contributed by atoms with van der Waals surface area (Å²) in [5, 5.41) is 9.66. The van der Waals surface area contributed by atoms with E-state index in [1.165, 1.54) is 11.1 Å². The van der Waals surface area contributed by atoms with Crippen molar-refractivity contribution in [3.63, 3.8) is 0 Å². The molecular formula is C13H18O. The van der Waals surface area contributed by atoms with Gasteiger partial charge >= 0.3 is 0 Å². The summed E-state index contributed by atoms with van der Waals surface area (Å²) in [6, 6.07) is 0. The number of aliphatic hydroxyl groups excluding tert-OH is 1. The molecule has 14 heavy (non-hydrogen) atoms. The van der Waals surface area contributed by atoms with Gasteiger partial charge in [-0.1, -0.05) is 37.8 Å².